The van der Waals surface area contributed by atoms with Crippen molar-refractivity contribution in [2.45, 2.75) is 0 Å². The Hall–Kier alpha value is -1.42. The van der Waals surface area contributed by atoms with Crippen molar-refractivity contribution in [3.8, 4) is 0 Å². The van der Waals surface area contributed by atoms with Crippen LogP contribution in [0, 0.1) is 0 Å². The Labute approximate surface area is 73.5 Å². The molecule has 0 aromatic carbocycles. The van der Waals surface area contributed by atoms with Crippen molar-refractivity contribution < 1.29 is 9.90 Å². The van der Waals surface area contributed by atoms with E-state index in [2.05, 4.69) is 9.97 Å². The molecule has 0 saturated heterocycles. The van der Waals surface area contributed by atoms with Gasteiger partial charge < -0.3 is 5.11 Å². The number of halogens is 1. The van der Waals surface area contributed by atoms with Gasteiger partial charge in [-0.1, -0.05) is 11.6 Å². The van der Waals surface area contributed by atoms with Gasteiger partial charge in [-0.25, -0.2) is 9.78 Å². The summed E-state index contributed by atoms with van der Waals surface area (Å²) >= 11 is 5.46. The van der Waals surface area contributed by atoms with Crippen LogP contribution in [0.3, 0.4) is 0 Å². The van der Waals surface area contributed by atoms with E-state index < -0.39 is 5.97 Å². The van der Waals surface area contributed by atoms with Crippen molar-refractivity contribution in [2.75, 3.05) is 0 Å². The first-order valence-electron chi connectivity index (χ1n) is 3.07. The van der Waals surface area contributed by atoms with Crippen molar-refractivity contribution in [1.82, 2.24) is 9.97 Å². The van der Waals surface area contributed by atoms with Gasteiger partial charge in [-0.15, -0.1) is 0 Å². The van der Waals surface area contributed by atoms with Gasteiger partial charge >= 0.3 is 5.97 Å². The summed E-state index contributed by atoms with van der Waals surface area (Å²) < 4.78 is 0. The normalized spacial score (nSPS) is 10.4. The van der Waals surface area contributed by atoms with E-state index in [1.165, 1.54) is 18.5 Å². The number of carbonyl (C=O) groups is 1. The molecule has 1 heterocycles. The van der Waals surface area contributed by atoms with Crippen LogP contribution in [0.25, 0.3) is 6.08 Å². The summed E-state index contributed by atoms with van der Waals surface area (Å²) in [7, 11) is 0. The smallest absolute Gasteiger partial charge is 0.328 e. The fourth-order valence-corrected chi connectivity index (χ4v) is 0.663. The highest BCUT2D eigenvalue weighted by atomic mass is 35.5. The maximum Gasteiger partial charge on any atom is 0.328 e. The Bertz CT molecular complexity index is 308. The molecule has 1 N–H and O–H groups in total. The Balaban J connectivity index is 2.77. The van der Waals surface area contributed by atoms with Crippen LogP contribution in [0.4, 0.5) is 0 Å². The molecule has 62 valence electrons. The second kappa shape index (κ2) is 3.82. The Kier molecular flexibility index (Phi) is 2.76. The molecule has 0 atom stereocenters. The molecule has 0 spiro atoms. The Morgan fingerprint density at radius 1 is 1.50 bits per heavy atom. The molecule has 0 aliphatic carbocycles. The van der Waals surface area contributed by atoms with Crippen molar-refractivity contribution in [2.24, 2.45) is 0 Å². The molecule has 0 aliphatic heterocycles. The lowest BCUT2D eigenvalue weighted by molar-refractivity contribution is -0.131. The van der Waals surface area contributed by atoms with E-state index in [9.17, 15) is 4.79 Å². The summed E-state index contributed by atoms with van der Waals surface area (Å²) in [5, 5.41) is 8.55. The van der Waals surface area contributed by atoms with Gasteiger partial charge in [0.1, 0.15) is 5.15 Å². The van der Waals surface area contributed by atoms with Crippen molar-refractivity contribution >= 4 is 23.6 Å². The highest BCUT2D eigenvalue weighted by Gasteiger charge is 1.91. The van der Waals surface area contributed by atoms with Gasteiger partial charge in [0.2, 0.25) is 0 Å². The zero-order chi connectivity index (χ0) is 8.97. The quantitative estimate of drug-likeness (QED) is 0.703. The monoisotopic (exact) mass is 184 g/mol. The first-order valence-corrected chi connectivity index (χ1v) is 3.45. The number of hydrogen-bond donors (Lipinski definition) is 1. The molecule has 0 saturated carbocycles. The number of carboxylic acid groups (broad SMARTS) is 1. The Morgan fingerprint density at radius 3 is 2.75 bits per heavy atom. The number of aromatic nitrogens is 2. The molecule has 1 aromatic heterocycles. The van der Waals surface area contributed by atoms with Crippen LogP contribution in [0.1, 0.15) is 5.69 Å². The highest BCUT2D eigenvalue weighted by molar-refractivity contribution is 6.29. The van der Waals surface area contributed by atoms with E-state index in [1.807, 2.05) is 0 Å². The average molecular weight is 185 g/mol. The molecule has 0 fully saturated rings. The average Bonchev–Trinajstić information content (AvgIpc) is 2.03. The van der Waals surface area contributed by atoms with Crippen LogP contribution < -0.4 is 0 Å². The fraction of sp³-hybridized carbons (Fsp3) is 0. The SMILES string of the molecule is O=C(O)C=Cc1cnc(Cl)cn1. The third kappa shape index (κ3) is 2.67. The second-order valence-electron chi connectivity index (χ2n) is 1.94. The third-order valence-electron chi connectivity index (χ3n) is 1.04. The van der Waals surface area contributed by atoms with Crippen molar-refractivity contribution in [3.05, 3.63) is 29.3 Å². The molecule has 0 bridgehead atoms. The van der Waals surface area contributed by atoms with E-state index in [1.54, 1.807) is 0 Å². The van der Waals surface area contributed by atoms with Gasteiger partial charge in [0.25, 0.3) is 0 Å². The van der Waals surface area contributed by atoms with E-state index >= 15 is 0 Å². The summed E-state index contributed by atoms with van der Waals surface area (Å²) in [5.41, 5.74) is 0.460. The van der Waals surface area contributed by atoms with Crippen LogP contribution in [-0.2, 0) is 4.79 Å². The molecule has 0 aliphatic rings. The summed E-state index contributed by atoms with van der Waals surface area (Å²) in [6.07, 6.45) is 5.06. The number of nitrogens with zero attached hydrogens (tertiary/aromatic N) is 2. The van der Waals surface area contributed by atoms with E-state index in [4.69, 9.17) is 16.7 Å². The largest absolute Gasteiger partial charge is 0.478 e. The molecule has 12 heavy (non-hydrogen) atoms. The van der Waals surface area contributed by atoms with Gasteiger partial charge in [0.05, 0.1) is 18.1 Å². The summed E-state index contributed by atoms with van der Waals surface area (Å²) in [6, 6.07) is 0. The van der Waals surface area contributed by atoms with Gasteiger partial charge in [0.15, 0.2) is 0 Å². The lowest BCUT2D eigenvalue weighted by Crippen LogP contribution is -1.88. The van der Waals surface area contributed by atoms with E-state index in [0.29, 0.717) is 5.69 Å². The molecule has 5 heteroatoms. The number of rotatable bonds is 2. The second-order valence-corrected chi connectivity index (χ2v) is 2.32. The van der Waals surface area contributed by atoms with E-state index in [-0.39, 0.29) is 5.15 Å². The van der Waals surface area contributed by atoms with Crippen LogP contribution in [0.15, 0.2) is 18.5 Å². The first-order chi connectivity index (χ1) is 5.68. The molecular weight excluding hydrogens is 180 g/mol. The topological polar surface area (TPSA) is 63.1 Å². The lowest BCUT2D eigenvalue weighted by Gasteiger charge is -1.89. The zero-order valence-electron chi connectivity index (χ0n) is 5.94. The minimum atomic E-state index is -1.02. The lowest BCUT2D eigenvalue weighted by atomic mass is 10.4. The van der Waals surface area contributed by atoms with Crippen LogP contribution >= 0.6 is 11.6 Å². The molecule has 0 radical (unpaired) electrons. The fourth-order valence-electron chi connectivity index (χ4n) is 0.565. The van der Waals surface area contributed by atoms with Crippen LogP contribution in [0.2, 0.25) is 5.15 Å². The summed E-state index contributed by atoms with van der Waals surface area (Å²) in [4.78, 5) is 17.6. The minimum absolute atomic E-state index is 0.280. The van der Waals surface area contributed by atoms with Gasteiger partial charge in [-0.2, -0.15) is 0 Å². The minimum Gasteiger partial charge on any atom is -0.478 e. The predicted octanol–water partition coefficient (Wildman–Crippen LogP) is 1.23. The number of carboxylic acids is 1. The summed E-state index contributed by atoms with van der Waals surface area (Å²) in [5.74, 6) is -1.02. The molecule has 1 rings (SSSR count). The third-order valence-corrected chi connectivity index (χ3v) is 1.23. The van der Waals surface area contributed by atoms with Crippen LogP contribution in [0.5, 0.6) is 0 Å². The zero-order valence-corrected chi connectivity index (χ0v) is 6.69. The van der Waals surface area contributed by atoms with Gasteiger partial charge in [-0.3, -0.25) is 4.98 Å². The van der Waals surface area contributed by atoms with Crippen molar-refractivity contribution in [1.29, 1.82) is 0 Å². The number of hydrogen-bond acceptors (Lipinski definition) is 3. The molecular formula is C7H5ClN2O2. The molecule has 4 nitrogen and oxygen atoms in total. The molecule has 1 aromatic rings. The standard InChI is InChI=1S/C7H5ClN2O2/c8-6-4-9-5(3-10-6)1-2-7(11)12/h1-4H,(H,11,12). The predicted molar refractivity (Wildman–Crippen MR) is 43.7 cm³/mol. The van der Waals surface area contributed by atoms with Gasteiger partial charge in [-0.05, 0) is 6.08 Å². The molecule has 0 amide bonds. The van der Waals surface area contributed by atoms with Crippen LogP contribution in [-0.4, -0.2) is 21.0 Å². The van der Waals surface area contributed by atoms with Crippen molar-refractivity contribution in [3.63, 3.8) is 0 Å². The maximum atomic E-state index is 10.1. The maximum absolute atomic E-state index is 10.1. The Morgan fingerprint density at radius 2 is 2.25 bits per heavy atom. The summed E-state index contributed by atoms with van der Waals surface area (Å²) in [6.45, 7) is 0. The van der Waals surface area contributed by atoms with E-state index in [0.717, 1.165) is 6.08 Å². The first kappa shape index (κ1) is 8.67. The highest BCUT2D eigenvalue weighted by Crippen LogP contribution is 2.02. The molecule has 0 unspecified atom stereocenters. The number of aliphatic carboxylic acids is 1. The van der Waals surface area contributed by atoms with Gasteiger partial charge in [0, 0.05) is 6.08 Å².